The normalized spacial score (nSPS) is 13.2. The van der Waals surface area contributed by atoms with Gasteiger partial charge in [-0.15, -0.1) is 0 Å². The highest BCUT2D eigenvalue weighted by Gasteiger charge is 2.16. The van der Waals surface area contributed by atoms with Crippen molar-refractivity contribution in [2.75, 3.05) is 11.9 Å². The van der Waals surface area contributed by atoms with Gasteiger partial charge >= 0.3 is 0 Å². The van der Waals surface area contributed by atoms with Crippen LogP contribution in [0.15, 0.2) is 39.5 Å². The summed E-state index contributed by atoms with van der Waals surface area (Å²) in [4.78, 5) is 4.44. The van der Waals surface area contributed by atoms with Crippen molar-refractivity contribution >= 4 is 5.69 Å². The van der Waals surface area contributed by atoms with Crippen molar-refractivity contribution in [3.8, 4) is 22.8 Å². The zero-order chi connectivity index (χ0) is 13.5. The Balaban J connectivity index is 1.73. The molecule has 0 radical (unpaired) electrons. The van der Waals surface area contributed by atoms with Gasteiger partial charge in [-0.3, -0.25) is 0 Å². The number of furan rings is 1. The van der Waals surface area contributed by atoms with Crippen molar-refractivity contribution in [2.45, 2.75) is 13.3 Å². The molecule has 5 nitrogen and oxygen atoms in total. The van der Waals surface area contributed by atoms with E-state index in [-0.39, 0.29) is 0 Å². The Kier molecular flexibility index (Phi) is 2.39. The number of nitrogens with one attached hydrogen (secondary N) is 1. The van der Waals surface area contributed by atoms with Crippen LogP contribution in [0.5, 0.6) is 0 Å². The quantitative estimate of drug-likeness (QED) is 0.772. The lowest BCUT2D eigenvalue weighted by Gasteiger charge is -2.00. The minimum atomic E-state index is 0.525. The highest BCUT2D eigenvalue weighted by molar-refractivity contribution is 5.68. The molecule has 1 aliphatic heterocycles. The standard InChI is InChI=1S/C15H13N3O2/c1-9-12(5-7-19-9)14-17-15(20-18-14)11-3-2-10-4-6-16-13(10)8-11/h2-3,5,7-8,16H,4,6H2,1H3. The van der Waals surface area contributed by atoms with Crippen LogP contribution in [0.25, 0.3) is 22.8 Å². The minimum absolute atomic E-state index is 0.525. The first kappa shape index (κ1) is 11.3. The summed E-state index contributed by atoms with van der Waals surface area (Å²) in [5.74, 6) is 1.87. The monoisotopic (exact) mass is 267 g/mol. The summed E-state index contributed by atoms with van der Waals surface area (Å²) >= 11 is 0. The van der Waals surface area contributed by atoms with E-state index in [0.29, 0.717) is 11.7 Å². The second-order valence-corrected chi connectivity index (χ2v) is 4.86. The van der Waals surface area contributed by atoms with Crippen LogP contribution in [0.1, 0.15) is 11.3 Å². The predicted molar refractivity (Wildman–Crippen MR) is 74.4 cm³/mol. The van der Waals surface area contributed by atoms with E-state index in [0.717, 1.165) is 35.5 Å². The van der Waals surface area contributed by atoms with Crippen molar-refractivity contribution in [1.29, 1.82) is 0 Å². The summed E-state index contributed by atoms with van der Waals surface area (Å²) in [6, 6.07) is 8.03. The molecule has 5 heteroatoms. The highest BCUT2D eigenvalue weighted by atomic mass is 16.5. The van der Waals surface area contributed by atoms with Crippen molar-refractivity contribution in [1.82, 2.24) is 10.1 Å². The van der Waals surface area contributed by atoms with Crippen molar-refractivity contribution in [2.24, 2.45) is 0 Å². The molecular weight excluding hydrogens is 254 g/mol. The molecule has 1 aliphatic rings. The van der Waals surface area contributed by atoms with Gasteiger partial charge in [0.1, 0.15) is 5.76 Å². The number of nitrogens with zero attached hydrogens (tertiary/aromatic N) is 2. The minimum Gasteiger partial charge on any atom is -0.469 e. The first-order valence-corrected chi connectivity index (χ1v) is 6.56. The summed E-state index contributed by atoms with van der Waals surface area (Å²) in [7, 11) is 0. The third-order valence-electron chi connectivity index (χ3n) is 3.59. The molecule has 0 unspecified atom stereocenters. The smallest absolute Gasteiger partial charge is 0.258 e. The fraction of sp³-hybridized carbons (Fsp3) is 0.200. The van der Waals surface area contributed by atoms with Gasteiger partial charge in [0.25, 0.3) is 5.89 Å². The fourth-order valence-corrected chi connectivity index (χ4v) is 2.49. The molecular formula is C15H13N3O2. The molecule has 0 amide bonds. The summed E-state index contributed by atoms with van der Waals surface area (Å²) < 4.78 is 10.6. The van der Waals surface area contributed by atoms with Crippen LogP contribution < -0.4 is 5.32 Å². The molecule has 0 bridgehead atoms. The Bertz CT molecular complexity index is 773. The van der Waals surface area contributed by atoms with Crippen LogP contribution >= 0.6 is 0 Å². The predicted octanol–water partition coefficient (Wildman–Crippen LogP) is 3.27. The number of benzene rings is 1. The van der Waals surface area contributed by atoms with Gasteiger partial charge in [0.05, 0.1) is 11.8 Å². The molecule has 1 aromatic carbocycles. The first-order valence-electron chi connectivity index (χ1n) is 6.56. The molecule has 20 heavy (non-hydrogen) atoms. The zero-order valence-electron chi connectivity index (χ0n) is 11.0. The van der Waals surface area contributed by atoms with Crippen LogP contribution in [0, 0.1) is 6.92 Å². The molecule has 3 heterocycles. The van der Waals surface area contributed by atoms with Gasteiger partial charge in [0.2, 0.25) is 5.82 Å². The molecule has 0 spiro atoms. The van der Waals surface area contributed by atoms with Crippen LogP contribution in [0.4, 0.5) is 5.69 Å². The lowest BCUT2D eigenvalue weighted by atomic mass is 10.1. The van der Waals surface area contributed by atoms with Crippen LogP contribution in [-0.4, -0.2) is 16.7 Å². The first-order chi connectivity index (χ1) is 9.81. The topological polar surface area (TPSA) is 64.1 Å². The molecule has 0 atom stereocenters. The van der Waals surface area contributed by atoms with E-state index in [2.05, 4.69) is 27.6 Å². The van der Waals surface area contributed by atoms with Crippen molar-refractivity contribution in [3.63, 3.8) is 0 Å². The van der Waals surface area contributed by atoms with Crippen molar-refractivity contribution in [3.05, 3.63) is 41.9 Å². The lowest BCUT2D eigenvalue weighted by molar-refractivity contribution is 0.432. The van der Waals surface area contributed by atoms with Crippen LogP contribution in [-0.2, 0) is 6.42 Å². The maximum atomic E-state index is 5.36. The molecule has 2 aromatic heterocycles. The zero-order valence-corrected chi connectivity index (χ0v) is 11.0. The third kappa shape index (κ3) is 1.71. The van der Waals surface area contributed by atoms with Gasteiger partial charge in [-0.2, -0.15) is 4.98 Å². The summed E-state index contributed by atoms with van der Waals surface area (Å²) in [6.07, 6.45) is 2.69. The Morgan fingerprint density at radius 2 is 2.20 bits per heavy atom. The Labute approximate surface area is 115 Å². The average molecular weight is 267 g/mol. The fourth-order valence-electron chi connectivity index (χ4n) is 2.49. The molecule has 0 saturated heterocycles. The van der Waals surface area contributed by atoms with Crippen molar-refractivity contribution < 1.29 is 8.94 Å². The number of aryl methyl sites for hydroxylation is 1. The van der Waals surface area contributed by atoms with E-state index in [1.165, 1.54) is 5.56 Å². The molecule has 4 rings (SSSR count). The highest BCUT2D eigenvalue weighted by Crippen LogP contribution is 2.30. The number of aromatic nitrogens is 2. The van der Waals surface area contributed by atoms with E-state index in [1.807, 2.05) is 19.1 Å². The van der Waals surface area contributed by atoms with Gasteiger partial charge in [-0.05, 0) is 37.1 Å². The van der Waals surface area contributed by atoms with Gasteiger partial charge in [-0.25, -0.2) is 0 Å². The largest absolute Gasteiger partial charge is 0.469 e. The Morgan fingerprint density at radius 1 is 1.25 bits per heavy atom. The maximum Gasteiger partial charge on any atom is 0.258 e. The van der Waals surface area contributed by atoms with Gasteiger partial charge in [0.15, 0.2) is 0 Å². The van der Waals surface area contributed by atoms with Gasteiger partial charge < -0.3 is 14.3 Å². The summed E-state index contributed by atoms with van der Waals surface area (Å²) in [5.41, 5.74) is 4.28. The molecule has 3 aromatic rings. The second kappa shape index (κ2) is 4.23. The average Bonchev–Trinajstić information content (AvgIpc) is 3.17. The molecule has 0 aliphatic carbocycles. The lowest BCUT2D eigenvalue weighted by Crippen LogP contribution is -1.91. The van der Waals surface area contributed by atoms with E-state index in [9.17, 15) is 0 Å². The number of hydrogen-bond donors (Lipinski definition) is 1. The second-order valence-electron chi connectivity index (χ2n) is 4.86. The van der Waals surface area contributed by atoms with E-state index in [1.54, 1.807) is 6.26 Å². The van der Waals surface area contributed by atoms with Crippen LogP contribution in [0.3, 0.4) is 0 Å². The molecule has 0 fully saturated rings. The molecule has 1 N–H and O–H groups in total. The Morgan fingerprint density at radius 3 is 3.05 bits per heavy atom. The number of rotatable bonds is 2. The van der Waals surface area contributed by atoms with Gasteiger partial charge in [0, 0.05) is 17.8 Å². The van der Waals surface area contributed by atoms with Gasteiger partial charge in [-0.1, -0.05) is 11.2 Å². The molecule has 100 valence electrons. The van der Waals surface area contributed by atoms with Crippen LogP contribution in [0.2, 0.25) is 0 Å². The molecule has 0 saturated carbocycles. The Hall–Kier alpha value is -2.56. The van der Waals surface area contributed by atoms with E-state index >= 15 is 0 Å². The maximum absolute atomic E-state index is 5.36. The number of hydrogen-bond acceptors (Lipinski definition) is 5. The number of fused-ring (bicyclic) bond motifs is 1. The third-order valence-corrected chi connectivity index (χ3v) is 3.59. The van der Waals surface area contributed by atoms with E-state index in [4.69, 9.17) is 8.94 Å². The summed E-state index contributed by atoms with van der Waals surface area (Å²) in [6.45, 7) is 2.87. The summed E-state index contributed by atoms with van der Waals surface area (Å²) in [5, 5.41) is 7.37. The SMILES string of the molecule is Cc1occc1-c1noc(-c2ccc3c(c2)NCC3)n1. The van der Waals surface area contributed by atoms with E-state index < -0.39 is 0 Å². The number of anilines is 1.